The van der Waals surface area contributed by atoms with Crippen LogP contribution < -0.4 is 10.2 Å². The van der Waals surface area contributed by atoms with Gasteiger partial charge in [-0.05, 0) is 24.1 Å². The predicted molar refractivity (Wildman–Crippen MR) is 119 cm³/mol. The fraction of sp³-hybridized carbons (Fsp3) is 0.261. The highest BCUT2D eigenvalue weighted by Gasteiger charge is 2.38. The molecule has 2 aromatic heterocycles. The molecule has 4 aromatic rings. The van der Waals surface area contributed by atoms with Crippen LogP contribution in [0.3, 0.4) is 0 Å². The molecule has 1 aliphatic heterocycles. The molecule has 35 heavy (non-hydrogen) atoms. The van der Waals surface area contributed by atoms with Crippen LogP contribution in [0.5, 0.6) is 5.75 Å². The molecular weight excluding hydrogens is 471 g/mol. The summed E-state index contributed by atoms with van der Waals surface area (Å²) >= 11 is 0. The molecule has 2 aromatic carbocycles. The second kappa shape index (κ2) is 8.07. The van der Waals surface area contributed by atoms with Gasteiger partial charge in [-0.1, -0.05) is 18.2 Å². The molecule has 0 amide bonds. The highest BCUT2D eigenvalue weighted by molar-refractivity contribution is 5.91. The molecule has 182 valence electrons. The lowest BCUT2D eigenvalue weighted by Crippen LogP contribution is -2.42. The summed E-state index contributed by atoms with van der Waals surface area (Å²) in [5.41, 5.74) is -0.313. The SMILES string of the molecule is CN(c1ncc2c(-c3cc(C(F)(F)F)c(F)c(O)c3F)nn(C)c2n1)C1CNc2ccccc2C1. The predicted octanol–water partition coefficient (Wildman–Crippen LogP) is 4.51. The number of nitrogens with one attached hydrogen (secondary N) is 1. The van der Waals surface area contributed by atoms with E-state index in [0.29, 0.717) is 12.5 Å². The average molecular weight is 490 g/mol. The Kier molecular flexibility index (Phi) is 5.26. The molecule has 0 fully saturated rings. The second-order valence-corrected chi connectivity index (χ2v) is 8.33. The first-order valence-electron chi connectivity index (χ1n) is 10.6. The van der Waals surface area contributed by atoms with Crippen molar-refractivity contribution in [3.05, 3.63) is 59.3 Å². The summed E-state index contributed by atoms with van der Waals surface area (Å²) in [4.78, 5) is 10.7. The van der Waals surface area contributed by atoms with Crippen molar-refractivity contribution in [2.24, 2.45) is 7.05 Å². The lowest BCUT2D eigenvalue weighted by molar-refractivity contribution is -0.140. The van der Waals surface area contributed by atoms with E-state index < -0.39 is 34.7 Å². The lowest BCUT2D eigenvalue weighted by atomic mass is 9.99. The van der Waals surface area contributed by atoms with Crippen LogP contribution in [0.1, 0.15) is 11.1 Å². The lowest BCUT2D eigenvalue weighted by Gasteiger charge is -2.33. The van der Waals surface area contributed by atoms with Crippen LogP contribution in [0, 0.1) is 11.6 Å². The van der Waals surface area contributed by atoms with Gasteiger partial charge in [0.1, 0.15) is 5.69 Å². The Bertz CT molecular complexity index is 1450. The van der Waals surface area contributed by atoms with Crippen LogP contribution in [0.15, 0.2) is 36.5 Å². The maximum absolute atomic E-state index is 14.7. The summed E-state index contributed by atoms with van der Waals surface area (Å²) in [6.45, 7) is 0.645. The van der Waals surface area contributed by atoms with E-state index in [9.17, 15) is 27.1 Å². The number of hydrogen-bond donors (Lipinski definition) is 2. The molecule has 5 rings (SSSR count). The maximum atomic E-state index is 14.7. The molecule has 0 bridgehead atoms. The number of nitrogens with zero attached hydrogens (tertiary/aromatic N) is 5. The van der Waals surface area contributed by atoms with E-state index in [0.717, 1.165) is 17.7 Å². The van der Waals surface area contributed by atoms with Crippen molar-refractivity contribution < 1.29 is 27.1 Å². The maximum Gasteiger partial charge on any atom is 0.419 e. The number of halogens is 5. The van der Waals surface area contributed by atoms with Gasteiger partial charge in [0, 0.05) is 38.1 Å². The van der Waals surface area contributed by atoms with E-state index >= 15 is 0 Å². The van der Waals surface area contributed by atoms with E-state index in [1.807, 2.05) is 36.2 Å². The number of likely N-dealkylation sites (N-methyl/N-ethyl adjacent to an activating group) is 1. The Morgan fingerprint density at radius 1 is 1.17 bits per heavy atom. The molecule has 12 heteroatoms. The van der Waals surface area contributed by atoms with Crippen molar-refractivity contribution in [1.82, 2.24) is 19.7 Å². The van der Waals surface area contributed by atoms with Gasteiger partial charge in [0.05, 0.1) is 17.0 Å². The molecule has 2 N–H and O–H groups in total. The Hall–Kier alpha value is -3.96. The Labute approximate surface area is 195 Å². The normalized spacial score (nSPS) is 15.7. The van der Waals surface area contributed by atoms with Crippen molar-refractivity contribution in [2.45, 2.75) is 18.6 Å². The number of fused-ring (bicyclic) bond motifs is 2. The van der Waals surface area contributed by atoms with Gasteiger partial charge in [0.25, 0.3) is 0 Å². The van der Waals surface area contributed by atoms with Crippen LogP contribution in [-0.4, -0.2) is 44.5 Å². The number of aryl methyl sites for hydroxylation is 1. The number of aromatic nitrogens is 4. The van der Waals surface area contributed by atoms with Gasteiger partial charge in [0.2, 0.25) is 5.95 Å². The van der Waals surface area contributed by atoms with Gasteiger partial charge in [0.15, 0.2) is 23.0 Å². The zero-order valence-corrected chi connectivity index (χ0v) is 18.5. The van der Waals surface area contributed by atoms with Crippen molar-refractivity contribution in [2.75, 3.05) is 23.8 Å². The highest BCUT2D eigenvalue weighted by atomic mass is 19.4. The molecular formula is C23H19F5N6O. The number of alkyl halides is 3. The quantitative estimate of drug-likeness (QED) is 0.412. The van der Waals surface area contributed by atoms with Crippen LogP contribution in [-0.2, 0) is 19.6 Å². The standard InChI is InChI=1S/C23H19F5N6O/c1-33(12-7-11-5-3-4-6-16(11)29-9-12)22-30-10-14-19(32-34(2)21(14)31-22)13-8-15(23(26,27)28)18(25)20(35)17(13)24/h3-6,8,10,12,29,35H,7,9H2,1-2H3. The van der Waals surface area contributed by atoms with Gasteiger partial charge in [-0.2, -0.15) is 23.3 Å². The zero-order valence-electron chi connectivity index (χ0n) is 18.5. The van der Waals surface area contributed by atoms with Crippen molar-refractivity contribution >= 4 is 22.7 Å². The number of anilines is 2. The third-order valence-corrected chi connectivity index (χ3v) is 6.17. The van der Waals surface area contributed by atoms with Crippen LogP contribution in [0.4, 0.5) is 33.6 Å². The Balaban J connectivity index is 1.55. The summed E-state index contributed by atoms with van der Waals surface area (Å²) < 4.78 is 69.6. The molecule has 0 saturated heterocycles. The van der Waals surface area contributed by atoms with E-state index in [1.165, 1.54) is 17.9 Å². The summed E-state index contributed by atoms with van der Waals surface area (Å²) in [6.07, 6.45) is -3.07. The fourth-order valence-electron chi connectivity index (χ4n) is 4.26. The third-order valence-electron chi connectivity index (χ3n) is 6.17. The van der Waals surface area contributed by atoms with E-state index in [1.54, 1.807) is 0 Å². The topological polar surface area (TPSA) is 79.1 Å². The smallest absolute Gasteiger partial charge is 0.419 e. The summed E-state index contributed by atoms with van der Waals surface area (Å²) in [5, 5.41) is 17.3. The van der Waals surface area contributed by atoms with Gasteiger partial charge in [-0.3, -0.25) is 0 Å². The number of para-hydroxylation sites is 1. The molecule has 1 atom stereocenters. The highest BCUT2D eigenvalue weighted by Crippen LogP contribution is 2.41. The summed E-state index contributed by atoms with van der Waals surface area (Å²) in [7, 11) is 3.32. The second-order valence-electron chi connectivity index (χ2n) is 8.33. The van der Waals surface area contributed by atoms with Crippen molar-refractivity contribution in [3.63, 3.8) is 0 Å². The van der Waals surface area contributed by atoms with E-state index in [-0.39, 0.29) is 28.8 Å². The Morgan fingerprint density at radius 2 is 1.91 bits per heavy atom. The third kappa shape index (κ3) is 3.78. The van der Waals surface area contributed by atoms with Crippen LogP contribution >= 0.6 is 0 Å². The van der Waals surface area contributed by atoms with Crippen molar-refractivity contribution in [1.29, 1.82) is 0 Å². The molecule has 0 aliphatic carbocycles. The zero-order chi connectivity index (χ0) is 25.1. The largest absolute Gasteiger partial charge is 0.503 e. The van der Waals surface area contributed by atoms with E-state index in [4.69, 9.17) is 0 Å². The number of benzene rings is 2. The van der Waals surface area contributed by atoms with Gasteiger partial charge in [-0.25, -0.2) is 18.4 Å². The molecule has 0 saturated carbocycles. The molecule has 0 radical (unpaired) electrons. The van der Waals surface area contributed by atoms with Crippen LogP contribution in [0.25, 0.3) is 22.3 Å². The Morgan fingerprint density at radius 3 is 2.66 bits per heavy atom. The fourth-order valence-corrected chi connectivity index (χ4v) is 4.26. The first-order chi connectivity index (χ1) is 16.6. The number of phenolic OH excluding ortho intramolecular Hbond substituents is 1. The minimum Gasteiger partial charge on any atom is -0.503 e. The monoisotopic (exact) mass is 490 g/mol. The minimum absolute atomic E-state index is 0.0240. The molecule has 3 heterocycles. The first kappa shape index (κ1) is 22.8. The summed E-state index contributed by atoms with van der Waals surface area (Å²) in [5.74, 6) is -5.02. The van der Waals surface area contributed by atoms with Crippen LogP contribution in [0.2, 0.25) is 0 Å². The van der Waals surface area contributed by atoms with Crippen molar-refractivity contribution in [3.8, 4) is 17.0 Å². The minimum atomic E-state index is -5.15. The number of aromatic hydroxyl groups is 1. The average Bonchev–Trinajstić information content (AvgIpc) is 3.16. The van der Waals surface area contributed by atoms with Gasteiger partial charge in [-0.15, -0.1) is 0 Å². The van der Waals surface area contributed by atoms with E-state index in [2.05, 4.69) is 20.4 Å². The molecule has 1 aliphatic rings. The molecule has 0 spiro atoms. The summed E-state index contributed by atoms with van der Waals surface area (Å²) in [6, 6.07) is 8.25. The number of hydrogen-bond acceptors (Lipinski definition) is 6. The molecule has 7 nitrogen and oxygen atoms in total. The number of rotatable bonds is 3. The van der Waals surface area contributed by atoms with Gasteiger partial charge >= 0.3 is 6.18 Å². The molecule has 1 unspecified atom stereocenters. The van der Waals surface area contributed by atoms with Gasteiger partial charge < -0.3 is 15.3 Å². The first-order valence-corrected chi connectivity index (χ1v) is 10.6. The number of phenols is 1.